The van der Waals surface area contributed by atoms with Gasteiger partial charge in [-0.05, 0) is 19.1 Å². The second kappa shape index (κ2) is 4.02. The molecule has 0 spiro atoms. The van der Waals surface area contributed by atoms with Gasteiger partial charge in [-0.3, -0.25) is 4.79 Å². The van der Waals surface area contributed by atoms with Crippen molar-refractivity contribution < 1.29 is 19.7 Å². The maximum absolute atomic E-state index is 11.8. The van der Waals surface area contributed by atoms with E-state index in [4.69, 9.17) is 9.84 Å². The minimum Gasteiger partial charge on any atom is -0.508 e. The molecule has 0 bridgehead atoms. The summed E-state index contributed by atoms with van der Waals surface area (Å²) in [6.45, 7) is 1.75. The Balaban J connectivity index is 2.43. The van der Waals surface area contributed by atoms with Crippen molar-refractivity contribution in [3.05, 3.63) is 18.2 Å². The number of β-amino-alcohol motifs (C(OH)–C–C–N with tert-alkyl or cyclic N) is 1. The second-order valence-corrected chi connectivity index (χ2v) is 3.63. The van der Waals surface area contributed by atoms with Crippen molar-refractivity contribution in [2.75, 3.05) is 18.1 Å². The minimum atomic E-state index is -0.596. The Morgan fingerprint density at radius 2 is 2.25 bits per heavy atom. The van der Waals surface area contributed by atoms with Crippen molar-refractivity contribution in [2.24, 2.45) is 0 Å². The molecule has 1 atom stereocenters. The van der Waals surface area contributed by atoms with Gasteiger partial charge in [0.2, 0.25) is 0 Å². The number of aliphatic hydroxyl groups excluding tert-OH is 1. The van der Waals surface area contributed by atoms with E-state index in [1.807, 2.05) is 0 Å². The summed E-state index contributed by atoms with van der Waals surface area (Å²) in [6, 6.07) is 4.54. The smallest absolute Gasteiger partial charge is 0.267 e. The van der Waals surface area contributed by atoms with E-state index >= 15 is 0 Å². The second-order valence-electron chi connectivity index (χ2n) is 3.63. The quantitative estimate of drug-likeness (QED) is 0.766. The molecule has 0 aromatic heterocycles. The molecule has 0 radical (unpaired) electrons. The summed E-state index contributed by atoms with van der Waals surface area (Å²) in [6.07, 6.45) is -0.596. The molecule has 5 heteroatoms. The lowest BCUT2D eigenvalue weighted by Crippen LogP contribution is -2.45. The summed E-state index contributed by atoms with van der Waals surface area (Å²) >= 11 is 0. The third kappa shape index (κ3) is 1.69. The number of carbonyl (C=O) groups is 1. The van der Waals surface area contributed by atoms with Crippen molar-refractivity contribution in [1.29, 1.82) is 0 Å². The Morgan fingerprint density at radius 1 is 1.50 bits per heavy atom. The van der Waals surface area contributed by atoms with Crippen LogP contribution in [-0.2, 0) is 4.79 Å². The first-order valence-electron chi connectivity index (χ1n) is 5.05. The van der Waals surface area contributed by atoms with E-state index in [9.17, 15) is 9.90 Å². The van der Waals surface area contributed by atoms with Crippen molar-refractivity contribution >= 4 is 11.6 Å². The zero-order chi connectivity index (χ0) is 11.7. The average molecular weight is 223 g/mol. The van der Waals surface area contributed by atoms with E-state index in [0.29, 0.717) is 11.4 Å². The summed E-state index contributed by atoms with van der Waals surface area (Å²) in [5.74, 6) is 0.358. The topological polar surface area (TPSA) is 70.0 Å². The van der Waals surface area contributed by atoms with Crippen LogP contribution in [0.3, 0.4) is 0 Å². The first kappa shape index (κ1) is 10.8. The van der Waals surface area contributed by atoms with Crippen LogP contribution in [0.2, 0.25) is 0 Å². The molecule has 0 aliphatic carbocycles. The highest BCUT2D eigenvalue weighted by Crippen LogP contribution is 2.36. The van der Waals surface area contributed by atoms with Crippen molar-refractivity contribution in [3.8, 4) is 11.5 Å². The highest BCUT2D eigenvalue weighted by Gasteiger charge is 2.31. The van der Waals surface area contributed by atoms with Gasteiger partial charge in [0.15, 0.2) is 6.10 Å². The van der Waals surface area contributed by atoms with Gasteiger partial charge in [0.05, 0.1) is 12.3 Å². The van der Waals surface area contributed by atoms with Gasteiger partial charge in [-0.1, -0.05) is 0 Å². The average Bonchev–Trinajstić information content (AvgIpc) is 2.24. The van der Waals surface area contributed by atoms with Crippen LogP contribution < -0.4 is 9.64 Å². The predicted octanol–water partition coefficient (Wildman–Crippen LogP) is 0.498. The van der Waals surface area contributed by atoms with Crippen LogP contribution >= 0.6 is 0 Å². The normalized spacial score (nSPS) is 19.2. The predicted molar refractivity (Wildman–Crippen MR) is 57.6 cm³/mol. The monoisotopic (exact) mass is 223 g/mol. The largest absolute Gasteiger partial charge is 0.508 e. The maximum atomic E-state index is 11.8. The molecule has 2 N–H and O–H groups in total. The number of fused-ring (bicyclic) bond motifs is 1. The third-order valence-electron chi connectivity index (χ3n) is 2.48. The zero-order valence-corrected chi connectivity index (χ0v) is 8.88. The molecule has 1 aromatic carbocycles. The molecule has 1 unspecified atom stereocenters. The molecule has 0 saturated carbocycles. The molecule has 16 heavy (non-hydrogen) atoms. The number of aliphatic hydroxyl groups is 1. The number of hydrogen-bond donors (Lipinski definition) is 2. The van der Waals surface area contributed by atoms with Crippen LogP contribution in [0.1, 0.15) is 6.92 Å². The van der Waals surface area contributed by atoms with Crippen molar-refractivity contribution in [1.82, 2.24) is 0 Å². The van der Waals surface area contributed by atoms with E-state index < -0.39 is 6.10 Å². The Morgan fingerprint density at radius 3 is 2.94 bits per heavy atom. The molecule has 1 aromatic rings. The molecular weight excluding hydrogens is 210 g/mol. The number of ether oxygens (including phenoxy) is 1. The van der Waals surface area contributed by atoms with Gasteiger partial charge in [-0.25, -0.2) is 0 Å². The molecule has 2 rings (SSSR count). The van der Waals surface area contributed by atoms with Crippen LogP contribution in [0.4, 0.5) is 5.69 Å². The molecule has 1 aliphatic heterocycles. The molecular formula is C11H13NO4. The van der Waals surface area contributed by atoms with E-state index in [-0.39, 0.29) is 24.8 Å². The van der Waals surface area contributed by atoms with Crippen molar-refractivity contribution in [2.45, 2.75) is 13.0 Å². The van der Waals surface area contributed by atoms with Gasteiger partial charge in [0.1, 0.15) is 11.5 Å². The highest BCUT2D eigenvalue weighted by atomic mass is 16.5. The number of anilines is 1. The number of aromatic hydroxyl groups is 1. The van der Waals surface area contributed by atoms with Crippen LogP contribution in [0.25, 0.3) is 0 Å². The summed E-state index contributed by atoms with van der Waals surface area (Å²) in [4.78, 5) is 13.3. The molecule has 0 saturated heterocycles. The Kier molecular flexibility index (Phi) is 2.70. The van der Waals surface area contributed by atoms with Gasteiger partial charge in [-0.2, -0.15) is 0 Å². The van der Waals surface area contributed by atoms with Crippen LogP contribution in [-0.4, -0.2) is 35.4 Å². The SMILES string of the molecule is CC1Oc2cc(O)ccc2N(CCO)C1=O. The minimum absolute atomic E-state index is 0.0873. The summed E-state index contributed by atoms with van der Waals surface area (Å²) in [7, 11) is 0. The lowest BCUT2D eigenvalue weighted by atomic mass is 10.2. The molecule has 0 fully saturated rings. The van der Waals surface area contributed by atoms with Gasteiger partial charge in [0, 0.05) is 12.6 Å². The fourth-order valence-electron chi connectivity index (χ4n) is 1.73. The molecule has 5 nitrogen and oxygen atoms in total. The number of hydrogen-bond acceptors (Lipinski definition) is 4. The molecule has 1 heterocycles. The Hall–Kier alpha value is -1.75. The van der Waals surface area contributed by atoms with Crippen LogP contribution in [0, 0.1) is 0 Å². The first-order valence-corrected chi connectivity index (χ1v) is 5.05. The fraction of sp³-hybridized carbons (Fsp3) is 0.364. The summed E-state index contributed by atoms with van der Waals surface area (Å²) < 4.78 is 5.37. The van der Waals surface area contributed by atoms with E-state index in [2.05, 4.69) is 0 Å². The standard InChI is InChI=1S/C11H13NO4/c1-7-11(15)12(4-5-13)9-3-2-8(14)6-10(9)16-7/h2-3,6-7,13-14H,4-5H2,1H3. The van der Waals surface area contributed by atoms with Crippen molar-refractivity contribution in [3.63, 3.8) is 0 Å². The third-order valence-corrected chi connectivity index (χ3v) is 2.48. The Bertz CT molecular complexity index is 418. The van der Waals surface area contributed by atoms with Gasteiger partial charge in [0.25, 0.3) is 5.91 Å². The maximum Gasteiger partial charge on any atom is 0.267 e. The van der Waals surface area contributed by atoms with Crippen LogP contribution in [0.5, 0.6) is 11.5 Å². The van der Waals surface area contributed by atoms with Gasteiger partial charge in [-0.15, -0.1) is 0 Å². The molecule has 1 aliphatic rings. The summed E-state index contributed by atoms with van der Waals surface area (Å²) in [5, 5.41) is 18.2. The molecule has 86 valence electrons. The van der Waals surface area contributed by atoms with E-state index in [0.717, 1.165) is 0 Å². The van der Waals surface area contributed by atoms with Crippen LogP contribution in [0.15, 0.2) is 18.2 Å². The van der Waals surface area contributed by atoms with E-state index in [1.54, 1.807) is 13.0 Å². The fourth-order valence-corrected chi connectivity index (χ4v) is 1.73. The molecule has 1 amide bonds. The number of phenolic OH excluding ortho intramolecular Hbond substituents is 1. The zero-order valence-electron chi connectivity index (χ0n) is 8.88. The number of rotatable bonds is 2. The highest BCUT2D eigenvalue weighted by molar-refractivity contribution is 5.99. The number of amides is 1. The summed E-state index contributed by atoms with van der Waals surface area (Å²) in [5.41, 5.74) is 0.579. The number of carbonyl (C=O) groups excluding carboxylic acids is 1. The Labute approximate surface area is 92.9 Å². The number of benzene rings is 1. The lowest BCUT2D eigenvalue weighted by molar-refractivity contribution is -0.125. The lowest BCUT2D eigenvalue weighted by Gasteiger charge is -2.32. The first-order chi connectivity index (χ1) is 7.63. The van der Waals surface area contributed by atoms with E-state index in [1.165, 1.54) is 17.0 Å². The van der Waals surface area contributed by atoms with Gasteiger partial charge < -0.3 is 19.8 Å². The number of phenols is 1. The number of nitrogens with zero attached hydrogens (tertiary/aromatic N) is 1. The van der Waals surface area contributed by atoms with Gasteiger partial charge >= 0.3 is 0 Å².